The first kappa shape index (κ1) is 16.3. The number of amides is 1. The fraction of sp³-hybridized carbons (Fsp3) is 0.389. The number of methoxy groups -OCH3 is 1. The van der Waals surface area contributed by atoms with Crippen molar-refractivity contribution in [2.45, 2.75) is 26.4 Å². The van der Waals surface area contributed by atoms with E-state index in [1.54, 1.807) is 7.11 Å². The van der Waals surface area contributed by atoms with E-state index >= 15 is 0 Å². The van der Waals surface area contributed by atoms with E-state index in [-0.39, 0.29) is 11.9 Å². The number of likely N-dealkylation sites (N-methyl/N-ethyl adjacent to an activating group) is 2. The maximum Gasteiger partial charge on any atom is 0.278 e. The molecule has 4 heteroatoms. The summed E-state index contributed by atoms with van der Waals surface area (Å²) in [5, 5.41) is 5.24. The van der Waals surface area contributed by atoms with Crippen molar-refractivity contribution in [3.05, 3.63) is 42.0 Å². The highest BCUT2D eigenvalue weighted by Gasteiger charge is 2.21. The van der Waals surface area contributed by atoms with Crippen molar-refractivity contribution in [1.29, 1.82) is 0 Å². The van der Waals surface area contributed by atoms with E-state index in [2.05, 4.69) is 36.6 Å². The molecule has 0 heterocycles. The smallest absolute Gasteiger partial charge is 0.278 e. The van der Waals surface area contributed by atoms with Gasteiger partial charge in [0.1, 0.15) is 12.3 Å². The Hall–Kier alpha value is -2.07. The van der Waals surface area contributed by atoms with Crippen LogP contribution in [0.2, 0.25) is 0 Å². The fourth-order valence-corrected chi connectivity index (χ4v) is 2.54. The molecule has 0 radical (unpaired) electrons. The molecule has 2 atom stereocenters. The topological polar surface area (TPSA) is 42.8 Å². The molecule has 2 aromatic carbocycles. The van der Waals surface area contributed by atoms with Crippen LogP contribution < -0.4 is 15.0 Å². The lowest BCUT2D eigenvalue weighted by molar-refractivity contribution is -0.908. The first-order valence-corrected chi connectivity index (χ1v) is 7.72. The SMILES string of the molecule is CCNC(=O)[C@@H](C)[NH+](C)Cc1ccc2cc(OC)ccc2c1. The predicted molar refractivity (Wildman–Crippen MR) is 89.2 cm³/mol. The quantitative estimate of drug-likeness (QED) is 0.847. The van der Waals surface area contributed by atoms with Gasteiger partial charge in [0, 0.05) is 12.1 Å². The van der Waals surface area contributed by atoms with Crippen molar-refractivity contribution in [1.82, 2.24) is 5.32 Å². The van der Waals surface area contributed by atoms with Gasteiger partial charge in [-0.2, -0.15) is 0 Å². The zero-order valence-corrected chi connectivity index (χ0v) is 13.8. The van der Waals surface area contributed by atoms with Gasteiger partial charge >= 0.3 is 0 Å². The van der Waals surface area contributed by atoms with Crippen molar-refractivity contribution >= 4 is 16.7 Å². The summed E-state index contributed by atoms with van der Waals surface area (Å²) in [5.41, 5.74) is 1.23. The van der Waals surface area contributed by atoms with Crippen LogP contribution in [0.4, 0.5) is 0 Å². The Morgan fingerprint density at radius 1 is 1.23 bits per heavy atom. The second-order valence-electron chi connectivity index (χ2n) is 5.69. The summed E-state index contributed by atoms with van der Waals surface area (Å²) in [6, 6.07) is 12.4. The molecule has 0 saturated heterocycles. The lowest BCUT2D eigenvalue weighted by Gasteiger charge is -2.21. The van der Waals surface area contributed by atoms with E-state index in [0.717, 1.165) is 17.7 Å². The monoisotopic (exact) mass is 301 g/mol. The molecule has 0 aliphatic rings. The summed E-state index contributed by atoms with van der Waals surface area (Å²) in [4.78, 5) is 13.1. The molecule has 4 nitrogen and oxygen atoms in total. The molecular formula is C18H25N2O2+. The van der Waals surface area contributed by atoms with Crippen LogP contribution in [0.1, 0.15) is 19.4 Å². The summed E-state index contributed by atoms with van der Waals surface area (Å²) in [7, 11) is 3.73. The molecule has 2 rings (SSSR count). The van der Waals surface area contributed by atoms with Gasteiger partial charge in [0.05, 0.1) is 14.2 Å². The molecule has 0 spiro atoms. The normalized spacial score (nSPS) is 13.6. The van der Waals surface area contributed by atoms with Gasteiger partial charge in [0.15, 0.2) is 6.04 Å². The molecule has 0 saturated carbocycles. The lowest BCUT2D eigenvalue weighted by Crippen LogP contribution is -3.12. The van der Waals surface area contributed by atoms with Crippen LogP contribution in [0.15, 0.2) is 36.4 Å². The minimum absolute atomic E-state index is 0.0634. The summed E-state index contributed by atoms with van der Waals surface area (Å²) in [6.07, 6.45) is 0. The molecule has 1 amide bonds. The molecule has 0 aliphatic carbocycles. The number of nitrogens with one attached hydrogen (secondary N) is 2. The molecular weight excluding hydrogens is 276 g/mol. The largest absolute Gasteiger partial charge is 0.497 e. The molecule has 118 valence electrons. The van der Waals surface area contributed by atoms with Gasteiger partial charge in [-0.3, -0.25) is 4.79 Å². The number of carbonyl (C=O) groups excluding carboxylic acids is 1. The number of hydrogen-bond donors (Lipinski definition) is 2. The molecule has 2 aromatic rings. The van der Waals surface area contributed by atoms with E-state index in [0.29, 0.717) is 6.54 Å². The summed E-state index contributed by atoms with van der Waals surface area (Å²) in [5.74, 6) is 0.971. The summed E-state index contributed by atoms with van der Waals surface area (Å²) >= 11 is 0. The maximum atomic E-state index is 11.9. The van der Waals surface area contributed by atoms with Crippen LogP contribution in [0.3, 0.4) is 0 Å². The first-order chi connectivity index (χ1) is 10.5. The number of hydrogen-bond acceptors (Lipinski definition) is 2. The van der Waals surface area contributed by atoms with Crippen molar-refractivity contribution in [2.24, 2.45) is 0 Å². The molecule has 0 aliphatic heterocycles. The molecule has 0 aromatic heterocycles. The number of ether oxygens (including phenoxy) is 1. The third-order valence-corrected chi connectivity index (χ3v) is 4.08. The van der Waals surface area contributed by atoms with Gasteiger partial charge < -0.3 is 15.0 Å². The predicted octanol–water partition coefficient (Wildman–Crippen LogP) is 1.39. The van der Waals surface area contributed by atoms with E-state index in [4.69, 9.17) is 4.74 Å². The number of quaternary nitrogens is 1. The fourth-order valence-electron chi connectivity index (χ4n) is 2.54. The average Bonchev–Trinajstić information content (AvgIpc) is 2.53. The Morgan fingerprint density at radius 2 is 1.91 bits per heavy atom. The van der Waals surface area contributed by atoms with E-state index in [9.17, 15) is 4.79 Å². The van der Waals surface area contributed by atoms with E-state index in [1.165, 1.54) is 15.8 Å². The van der Waals surface area contributed by atoms with Gasteiger partial charge in [0.2, 0.25) is 0 Å². The zero-order chi connectivity index (χ0) is 16.1. The zero-order valence-electron chi connectivity index (χ0n) is 13.8. The highest BCUT2D eigenvalue weighted by atomic mass is 16.5. The third kappa shape index (κ3) is 3.77. The van der Waals surface area contributed by atoms with Crippen LogP contribution in [-0.2, 0) is 11.3 Å². The van der Waals surface area contributed by atoms with Crippen molar-refractivity contribution in [3.63, 3.8) is 0 Å². The number of benzene rings is 2. The standard InChI is InChI=1S/C18H24N2O2/c1-5-19-18(21)13(2)20(3)12-14-6-7-16-11-17(22-4)9-8-15(16)10-14/h6-11,13H,5,12H2,1-4H3,(H,19,21)/p+1/t13-/m1/s1. The molecule has 2 N–H and O–H groups in total. The van der Waals surface area contributed by atoms with Crippen molar-refractivity contribution < 1.29 is 14.4 Å². The van der Waals surface area contributed by atoms with Crippen molar-refractivity contribution in [3.8, 4) is 5.75 Å². The number of rotatable bonds is 6. The minimum Gasteiger partial charge on any atom is -0.497 e. The maximum absolute atomic E-state index is 11.9. The van der Waals surface area contributed by atoms with Gasteiger partial charge in [-0.05, 0) is 42.8 Å². The Labute approximate surface area is 132 Å². The second-order valence-corrected chi connectivity index (χ2v) is 5.69. The summed E-state index contributed by atoms with van der Waals surface area (Å²) in [6.45, 7) is 5.40. The van der Waals surface area contributed by atoms with Crippen LogP contribution in [0, 0.1) is 0 Å². The Balaban J connectivity index is 2.12. The molecule has 0 fully saturated rings. The highest BCUT2D eigenvalue weighted by Crippen LogP contribution is 2.21. The van der Waals surface area contributed by atoms with Gasteiger partial charge in [-0.25, -0.2) is 0 Å². The van der Waals surface area contributed by atoms with E-state index in [1.807, 2.05) is 26.0 Å². The van der Waals surface area contributed by atoms with Gasteiger partial charge in [-0.15, -0.1) is 0 Å². The van der Waals surface area contributed by atoms with Crippen LogP contribution in [-0.4, -0.2) is 32.7 Å². The lowest BCUT2D eigenvalue weighted by atomic mass is 10.1. The Kier molecular flexibility index (Phi) is 5.39. The Morgan fingerprint density at radius 3 is 2.59 bits per heavy atom. The molecule has 22 heavy (non-hydrogen) atoms. The van der Waals surface area contributed by atoms with Gasteiger partial charge in [-0.1, -0.05) is 18.2 Å². The van der Waals surface area contributed by atoms with Crippen LogP contribution in [0.25, 0.3) is 10.8 Å². The highest BCUT2D eigenvalue weighted by molar-refractivity contribution is 5.84. The van der Waals surface area contributed by atoms with Crippen LogP contribution >= 0.6 is 0 Å². The first-order valence-electron chi connectivity index (χ1n) is 7.72. The average molecular weight is 301 g/mol. The number of fused-ring (bicyclic) bond motifs is 1. The third-order valence-electron chi connectivity index (χ3n) is 4.08. The number of carbonyl (C=O) groups is 1. The minimum atomic E-state index is -0.0634. The van der Waals surface area contributed by atoms with E-state index < -0.39 is 0 Å². The summed E-state index contributed by atoms with van der Waals surface area (Å²) < 4.78 is 5.25. The van der Waals surface area contributed by atoms with Crippen LogP contribution in [0.5, 0.6) is 5.75 Å². The van der Waals surface area contributed by atoms with Gasteiger partial charge in [0.25, 0.3) is 5.91 Å². The van der Waals surface area contributed by atoms with Crippen molar-refractivity contribution in [2.75, 3.05) is 20.7 Å². The molecule has 1 unspecified atom stereocenters. The Bertz CT molecular complexity index is 655. The second kappa shape index (κ2) is 7.27. The molecule has 0 bridgehead atoms.